The monoisotopic (exact) mass is 488 g/mol. The quantitative estimate of drug-likeness (QED) is 0.616. The topological polar surface area (TPSA) is 48.1 Å². The van der Waals surface area contributed by atoms with Gasteiger partial charge in [0.25, 0.3) is 5.91 Å². The molecule has 192 valence electrons. The molecule has 0 bridgehead atoms. The predicted molar refractivity (Wildman–Crippen MR) is 145 cm³/mol. The Kier molecular flexibility index (Phi) is 7.51. The summed E-state index contributed by atoms with van der Waals surface area (Å²) in [6, 6.07) is 15.2. The molecule has 0 radical (unpaired) electrons. The maximum absolute atomic E-state index is 13.6. The lowest BCUT2D eigenvalue weighted by Gasteiger charge is -2.34. The molecular formula is C30H40N4O2. The summed E-state index contributed by atoms with van der Waals surface area (Å²) < 4.78 is 5.99. The Morgan fingerprint density at radius 2 is 1.86 bits per heavy atom. The number of nitrogens with one attached hydrogen (secondary N) is 1. The van der Waals surface area contributed by atoms with Crippen molar-refractivity contribution in [3.63, 3.8) is 0 Å². The van der Waals surface area contributed by atoms with Crippen LogP contribution in [0.25, 0.3) is 0 Å². The standard InChI is InChI=1S/C30H40N4O2/c1-22(2)33-14-11-26(12-15-33)31-27-8-9-29-28(18-27)30(35)34(16-17-36-29)20-23(3)19-32-13-10-24-6-4-5-7-25(24)21-32/h4-9,18,23,26,31H,1,10-17,19-21H2,2-3H3. The van der Waals surface area contributed by atoms with Crippen LogP contribution in [0.2, 0.25) is 0 Å². The maximum Gasteiger partial charge on any atom is 0.257 e. The number of likely N-dealkylation sites (tertiary alicyclic amines) is 1. The number of benzene rings is 2. The molecule has 0 aliphatic carbocycles. The van der Waals surface area contributed by atoms with Crippen molar-refractivity contribution in [2.45, 2.75) is 45.7 Å². The van der Waals surface area contributed by atoms with Crippen LogP contribution in [-0.4, -0.2) is 72.5 Å². The molecule has 0 spiro atoms. The minimum Gasteiger partial charge on any atom is -0.491 e. The summed E-state index contributed by atoms with van der Waals surface area (Å²) in [6.45, 7) is 15.4. The van der Waals surface area contributed by atoms with Crippen LogP contribution in [0.4, 0.5) is 5.69 Å². The molecule has 1 fully saturated rings. The normalized spacial score (nSPS) is 19.7. The van der Waals surface area contributed by atoms with Crippen LogP contribution in [0, 0.1) is 5.92 Å². The fourth-order valence-electron chi connectivity index (χ4n) is 5.85. The summed E-state index contributed by atoms with van der Waals surface area (Å²) in [5.74, 6) is 1.17. The van der Waals surface area contributed by atoms with Crippen LogP contribution in [-0.2, 0) is 13.0 Å². The SMILES string of the molecule is C=C(C)N1CCC(Nc2ccc3c(c2)C(=O)N(CC(C)CN2CCc4ccccc4C2)CCO3)CC1. The van der Waals surface area contributed by atoms with Crippen molar-refractivity contribution in [3.8, 4) is 5.75 Å². The Bertz CT molecular complexity index is 1090. The van der Waals surface area contributed by atoms with Gasteiger partial charge < -0.3 is 19.9 Å². The lowest BCUT2D eigenvalue weighted by Crippen LogP contribution is -2.41. The van der Waals surface area contributed by atoms with E-state index >= 15 is 0 Å². The van der Waals surface area contributed by atoms with Gasteiger partial charge in [0.05, 0.1) is 12.1 Å². The second-order valence-electron chi connectivity index (χ2n) is 10.8. The molecule has 6 heteroatoms. The van der Waals surface area contributed by atoms with Crippen molar-refractivity contribution in [1.29, 1.82) is 0 Å². The maximum atomic E-state index is 13.6. The van der Waals surface area contributed by atoms with Gasteiger partial charge in [0.1, 0.15) is 12.4 Å². The molecule has 1 unspecified atom stereocenters. The van der Waals surface area contributed by atoms with Gasteiger partial charge in [0.15, 0.2) is 0 Å². The van der Waals surface area contributed by atoms with Crippen molar-refractivity contribution in [2.75, 3.05) is 51.2 Å². The second kappa shape index (κ2) is 11.0. The first-order valence-electron chi connectivity index (χ1n) is 13.5. The Labute approximate surface area is 215 Å². The van der Waals surface area contributed by atoms with E-state index in [-0.39, 0.29) is 5.91 Å². The highest BCUT2D eigenvalue weighted by molar-refractivity contribution is 5.98. The van der Waals surface area contributed by atoms with Gasteiger partial charge in [0, 0.05) is 56.7 Å². The van der Waals surface area contributed by atoms with Gasteiger partial charge in [-0.1, -0.05) is 37.8 Å². The molecule has 0 saturated carbocycles. The summed E-state index contributed by atoms with van der Waals surface area (Å²) >= 11 is 0. The van der Waals surface area contributed by atoms with Crippen LogP contribution < -0.4 is 10.1 Å². The van der Waals surface area contributed by atoms with E-state index in [1.165, 1.54) is 11.1 Å². The number of nitrogens with zero attached hydrogens (tertiary/aromatic N) is 3. The highest BCUT2D eigenvalue weighted by Gasteiger charge is 2.27. The van der Waals surface area contributed by atoms with E-state index in [1.54, 1.807) is 0 Å². The minimum atomic E-state index is 0.0825. The molecule has 1 atom stereocenters. The molecule has 2 aromatic carbocycles. The number of piperidine rings is 1. The molecule has 0 aromatic heterocycles. The molecule has 3 heterocycles. The number of rotatable bonds is 7. The number of amides is 1. The number of fused-ring (bicyclic) bond motifs is 2. The average molecular weight is 489 g/mol. The Morgan fingerprint density at radius 1 is 1.08 bits per heavy atom. The third-order valence-electron chi connectivity index (χ3n) is 7.83. The van der Waals surface area contributed by atoms with Gasteiger partial charge >= 0.3 is 0 Å². The Hall–Kier alpha value is -2.99. The van der Waals surface area contributed by atoms with Gasteiger partial charge in [-0.2, -0.15) is 0 Å². The van der Waals surface area contributed by atoms with Gasteiger partial charge in [0.2, 0.25) is 0 Å². The average Bonchev–Trinajstić information content (AvgIpc) is 3.03. The van der Waals surface area contributed by atoms with Crippen molar-refractivity contribution in [1.82, 2.24) is 14.7 Å². The zero-order valence-electron chi connectivity index (χ0n) is 21.8. The fraction of sp³-hybridized carbons (Fsp3) is 0.500. The number of carbonyl (C=O) groups excluding carboxylic acids is 1. The van der Waals surface area contributed by atoms with Gasteiger partial charge in [-0.25, -0.2) is 0 Å². The third kappa shape index (κ3) is 5.70. The van der Waals surface area contributed by atoms with E-state index in [9.17, 15) is 4.79 Å². The molecule has 3 aliphatic heterocycles. The lowest BCUT2D eigenvalue weighted by molar-refractivity contribution is 0.0713. The molecule has 2 aromatic rings. The fourth-order valence-corrected chi connectivity index (χ4v) is 5.85. The molecule has 3 aliphatic rings. The lowest BCUT2D eigenvalue weighted by atomic mass is 9.99. The van der Waals surface area contributed by atoms with E-state index in [4.69, 9.17) is 4.74 Å². The van der Waals surface area contributed by atoms with E-state index in [0.29, 0.717) is 36.4 Å². The van der Waals surface area contributed by atoms with E-state index in [0.717, 1.165) is 69.9 Å². The highest BCUT2D eigenvalue weighted by atomic mass is 16.5. The summed E-state index contributed by atoms with van der Waals surface area (Å²) in [5, 5.41) is 3.66. The number of ether oxygens (including phenoxy) is 1. The smallest absolute Gasteiger partial charge is 0.257 e. The van der Waals surface area contributed by atoms with Gasteiger partial charge in [-0.05, 0) is 61.4 Å². The summed E-state index contributed by atoms with van der Waals surface area (Å²) in [5.41, 5.74) is 5.73. The second-order valence-corrected chi connectivity index (χ2v) is 10.8. The molecule has 1 N–H and O–H groups in total. The van der Waals surface area contributed by atoms with Crippen molar-refractivity contribution >= 4 is 11.6 Å². The molecule has 1 saturated heterocycles. The molecule has 36 heavy (non-hydrogen) atoms. The van der Waals surface area contributed by atoms with E-state index in [2.05, 4.69) is 59.8 Å². The highest BCUT2D eigenvalue weighted by Crippen LogP contribution is 2.29. The first-order valence-corrected chi connectivity index (χ1v) is 13.5. The van der Waals surface area contributed by atoms with Crippen molar-refractivity contribution < 1.29 is 9.53 Å². The van der Waals surface area contributed by atoms with Crippen LogP contribution >= 0.6 is 0 Å². The minimum absolute atomic E-state index is 0.0825. The zero-order valence-corrected chi connectivity index (χ0v) is 21.8. The van der Waals surface area contributed by atoms with Crippen LogP contribution in [0.1, 0.15) is 48.2 Å². The number of carbonyl (C=O) groups is 1. The molecule has 1 amide bonds. The van der Waals surface area contributed by atoms with E-state index < -0.39 is 0 Å². The Morgan fingerprint density at radius 3 is 2.64 bits per heavy atom. The molecule has 6 nitrogen and oxygen atoms in total. The number of hydrogen-bond donors (Lipinski definition) is 1. The predicted octanol–water partition coefficient (Wildman–Crippen LogP) is 4.63. The first-order chi connectivity index (χ1) is 17.5. The number of anilines is 1. The Balaban J connectivity index is 1.19. The summed E-state index contributed by atoms with van der Waals surface area (Å²) in [4.78, 5) is 20.4. The zero-order chi connectivity index (χ0) is 25.1. The van der Waals surface area contributed by atoms with Crippen LogP contribution in [0.3, 0.4) is 0 Å². The summed E-state index contributed by atoms with van der Waals surface area (Å²) in [6.07, 6.45) is 3.24. The third-order valence-corrected chi connectivity index (χ3v) is 7.83. The summed E-state index contributed by atoms with van der Waals surface area (Å²) in [7, 11) is 0. The van der Waals surface area contributed by atoms with E-state index in [1.807, 2.05) is 23.1 Å². The van der Waals surface area contributed by atoms with Crippen LogP contribution in [0.15, 0.2) is 54.7 Å². The molecular weight excluding hydrogens is 448 g/mol. The van der Waals surface area contributed by atoms with Crippen molar-refractivity contribution in [2.24, 2.45) is 5.92 Å². The number of hydrogen-bond acceptors (Lipinski definition) is 5. The van der Waals surface area contributed by atoms with Crippen LogP contribution in [0.5, 0.6) is 5.75 Å². The largest absolute Gasteiger partial charge is 0.491 e. The first kappa shape index (κ1) is 24.7. The van der Waals surface area contributed by atoms with Gasteiger partial charge in [-0.3, -0.25) is 9.69 Å². The number of allylic oxidation sites excluding steroid dienone is 1. The van der Waals surface area contributed by atoms with Crippen molar-refractivity contribution in [3.05, 3.63) is 71.4 Å². The van der Waals surface area contributed by atoms with Gasteiger partial charge in [-0.15, -0.1) is 0 Å². The molecule has 5 rings (SSSR count).